The molecule has 0 atom stereocenters. The second-order valence-corrected chi connectivity index (χ2v) is 6.01. The molecule has 18 heavy (non-hydrogen) atoms. The molecule has 2 aromatic heterocycles. The molecule has 0 fully saturated rings. The quantitative estimate of drug-likeness (QED) is 0.735. The summed E-state index contributed by atoms with van der Waals surface area (Å²) in [5.41, 5.74) is 2.47. The van der Waals surface area contributed by atoms with Gasteiger partial charge in [0.2, 0.25) is 0 Å². The average molecular weight is 277 g/mol. The van der Waals surface area contributed by atoms with E-state index < -0.39 is 0 Å². The molecule has 1 aromatic carbocycles. The highest BCUT2D eigenvalue weighted by Gasteiger charge is 1.99. The van der Waals surface area contributed by atoms with Gasteiger partial charge < -0.3 is 10.3 Å². The minimum Gasteiger partial charge on any atom is -0.361 e. The number of nitrogens with one attached hydrogen (secondary N) is 2. The molecule has 0 spiro atoms. The molecule has 0 saturated heterocycles. The highest BCUT2D eigenvalue weighted by molar-refractivity contribution is 7.16. The molecule has 3 aromatic rings. The summed E-state index contributed by atoms with van der Waals surface area (Å²) in [6.45, 7) is 1.73. The van der Waals surface area contributed by atoms with Crippen molar-refractivity contribution in [1.82, 2.24) is 10.3 Å². The van der Waals surface area contributed by atoms with Gasteiger partial charge in [0.05, 0.1) is 4.34 Å². The third kappa shape index (κ3) is 2.58. The van der Waals surface area contributed by atoms with Crippen molar-refractivity contribution in [2.24, 2.45) is 0 Å². The van der Waals surface area contributed by atoms with Gasteiger partial charge in [-0.25, -0.2) is 0 Å². The van der Waals surface area contributed by atoms with E-state index in [0.29, 0.717) is 0 Å². The molecule has 0 bridgehead atoms. The highest BCUT2D eigenvalue weighted by Crippen LogP contribution is 2.21. The first-order valence-corrected chi connectivity index (χ1v) is 7.02. The SMILES string of the molecule is Clc1ccc(CNCc2ccc3cc[nH]c3c2)s1. The Bertz CT molecular complexity index is 656. The number of aromatic nitrogens is 1. The Hall–Kier alpha value is -1.29. The van der Waals surface area contributed by atoms with Gasteiger partial charge in [-0.1, -0.05) is 23.7 Å². The summed E-state index contributed by atoms with van der Waals surface area (Å²) in [6, 6.07) is 12.6. The minimum absolute atomic E-state index is 0.847. The molecule has 0 amide bonds. The first-order chi connectivity index (χ1) is 8.81. The van der Waals surface area contributed by atoms with Crippen molar-refractivity contribution in [2.75, 3.05) is 0 Å². The van der Waals surface area contributed by atoms with Crippen molar-refractivity contribution in [2.45, 2.75) is 13.1 Å². The van der Waals surface area contributed by atoms with Gasteiger partial charge in [0, 0.05) is 29.7 Å². The van der Waals surface area contributed by atoms with Crippen LogP contribution in [-0.2, 0) is 13.1 Å². The van der Waals surface area contributed by atoms with Crippen LogP contribution in [0.4, 0.5) is 0 Å². The molecule has 0 aliphatic carbocycles. The van der Waals surface area contributed by atoms with E-state index in [2.05, 4.69) is 40.6 Å². The minimum atomic E-state index is 0.847. The van der Waals surface area contributed by atoms with E-state index >= 15 is 0 Å². The molecule has 2 heterocycles. The molecule has 2 N–H and O–H groups in total. The summed E-state index contributed by atoms with van der Waals surface area (Å²) in [6.07, 6.45) is 1.97. The van der Waals surface area contributed by atoms with E-state index in [-0.39, 0.29) is 0 Å². The van der Waals surface area contributed by atoms with Crippen molar-refractivity contribution in [3.63, 3.8) is 0 Å². The molecule has 3 rings (SSSR count). The number of H-pyrrole nitrogens is 1. The van der Waals surface area contributed by atoms with Gasteiger partial charge in [-0.2, -0.15) is 0 Å². The van der Waals surface area contributed by atoms with E-state index in [1.54, 1.807) is 11.3 Å². The van der Waals surface area contributed by atoms with Crippen LogP contribution in [0.2, 0.25) is 4.34 Å². The van der Waals surface area contributed by atoms with Crippen LogP contribution in [0, 0.1) is 0 Å². The van der Waals surface area contributed by atoms with E-state index in [1.807, 2.05) is 12.3 Å². The van der Waals surface area contributed by atoms with E-state index in [0.717, 1.165) is 17.4 Å². The first-order valence-electron chi connectivity index (χ1n) is 5.82. The normalized spacial score (nSPS) is 11.2. The van der Waals surface area contributed by atoms with E-state index in [9.17, 15) is 0 Å². The Balaban J connectivity index is 1.62. The number of aromatic amines is 1. The number of fused-ring (bicyclic) bond motifs is 1. The Morgan fingerprint density at radius 2 is 2.06 bits per heavy atom. The Morgan fingerprint density at radius 1 is 1.11 bits per heavy atom. The molecule has 0 aliphatic rings. The molecular weight excluding hydrogens is 264 g/mol. The topological polar surface area (TPSA) is 27.8 Å². The molecule has 2 nitrogen and oxygen atoms in total. The van der Waals surface area contributed by atoms with Crippen molar-refractivity contribution < 1.29 is 0 Å². The maximum Gasteiger partial charge on any atom is 0.0931 e. The first kappa shape index (κ1) is 11.8. The van der Waals surface area contributed by atoms with Crippen LogP contribution in [0.1, 0.15) is 10.4 Å². The summed E-state index contributed by atoms with van der Waals surface area (Å²) >= 11 is 7.52. The van der Waals surface area contributed by atoms with Crippen molar-refractivity contribution >= 4 is 33.8 Å². The fourth-order valence-electron chi connectivity index (χ4n) is 1.98. The Morgan fingerprint density at radius 3 is 2.89 bits per heavy atom. The zero-order valence-corrected chi connectivity index (χ0v) is 11.3. The van der Waals surface area contributed by atoms with Gasteiger partial charge >= 0.3 is 0 Å². The van der Waals surface area contributed by atoms with Gasteiger partial charge in [-0.3, -0.25) is 0 Å². The van der Waals surface area contributed by atoms with Crippen molar-refractivity contribution in [3.05, 3.63) is 57.4 Å². The molecular formula is C14H13ClN2S. The molecule has 4 heteroatoms. The highest BCUT2D eigenvalue weighted by atomic mass is 35.5. The fourth-order valence-corrected chi connectivity index (χ4v) is 3.04. The zero-order chi connectivity index (χ0) is 12.4. The second kappa shape index (κ2) is 5.14. The predicted molar refractivity (Wildman–Crippen MR) is 78.2 cm³/mol. The van der Waals surface area contributed by atoms with E-state index in [4.69, 9.17) is 11.6 Å². The molecule has 0 aliphatic heterocycles. The second-order valence-electron chi connectivity index (χ2n) is 4.21. The largest absolute Gasteiger partial charge is 0.361 e. The van der Waals surface area contributed by atoms with Crippen LogP contribution >= 0.6 is 22.9 Å². The lowest BCUT2D eigenvalue weighted by Crippen LogP contribution is -2.11. The number of benzene rings is 1. The van der Waals surface area contributed by atoms with Crippen molar-refractivity contribution in [3.8, 4) is 0 Å². The van der Waals surface area contributed by atoms with Crippen molar-refractivity contribution in [1.29, 1.82) is 0 Å². The molecule has 0 unspecified atom stereocenters. The zero-order valence-electron chi connectivity index (χ0n) is 9.74. The summed E-state index contributed by atoms with van der Waals surface area (Å²) in [5, 5.41) is 4.68. The third-order valence-electron chi connectivity index (χ3n) is 2.88. The van der Waals surface area contributed by atoms with Crippen LogP contribution in [0.25, 0.3) is 10.9 Å². The number of halogens is 1. The predicted octanol–water partition coefficient (Wildman–Crippen LogP) is 4.17. The molecule has 0 radical (unpaired) electrons. The lowest BCUT2D eigenvalue weighted by molar-refractivity contribution is 0.701. The summed E-state index contributed by atoms with van der Waals surface area (Å²) in [4.78, 5) is 4.49. The van der Waals surface area contributed by atoms with Gasteiger partial charge in [-0.05, 0) is 35.2 Å². The monoisotopic (exact) mass is 276 g/mol. The van der Waals surface area contributed by atoms with Crippen LogP contribution in [0.5, 0.6) is 0 Å². The van der Waals surface area contributed by atoms with Gasteiger partial charge in [-0.15, -0.1) is 11.3 Å². The fraction of sp³-hybridized carbons (Fsp3) is 0.143. The number of rotatable bonds is 4. The Kier molecular flexibility index (Phi) is 3.37. The Labute approximate surface area is 115 Å². The van der Waals surface area contributed by atoms with Gasteiger partial charge in [0.25, 0.3) is 0 Å². The summed E-state index contributed by atoms with van der Waals surface area (Å²) in [7, 11) is 0. The van der Waals surface area contributed by atoms with Crippen LogP contribution in [0.15, 0.2) is 42.6 Å². The lowest BCUT2D eigenvalue weighted by atomic mass is 10.1. The molecule has 0 saturated carbocycles. The number of hydrogen-bond acceptors (Lipinski definition) is 2. The summed E-state index contributed by atoms with van der Waals surface area (Å²) in [5.74, 6) is 0. The number of thiophene rings is 1. The maximum atomic E-state index is 5.90. The van der Waals surface area contributed by atoms with E-state index in [1.165, 1.54) is 21.3 Å². The third-order valence-corrected chi connectivity index (χ3v) is 4.11. The van der Waals surface area contributed by atoms with Crippen LogP contribution < -0.4 is 5.32 Å². The van der Waals surface area contributed by atoms with Crippen LogP contribution in [-0.4, -0.2) is 4.98 Å². The van der Waals surface area contributed by atoms with Gasteiger partial charge in [0.15, 0.2) is 0 Å². The average Bonchev–Trinajstić information content (AvgIpc) is 2.97. The van der Waals surface area contributed by atoms with Crippen LogP contribution in [0.3, 0.4) is 0 Å². The smallest absolute Gasteiger partial charge is 0.0931 e. The summed E-state index contributed by atoms with van der Waals surface area (Å²) < 4.78 is 0.847. The standard InChI is InChI=1S/C14H13ClN2S/c15-14-4-3-12(18-14)9-16-8-10-1-2-11-5-6-17-13(11)7-10/h1-7,16-17H,8-9H2. The molecule has 92 valence electrons. The van der Waals surface area contributed by atoms with Gasteiger partial charge in [0.1, 0.15) is 0 Å². The number of hydrogen-bond donors (Lipinski definition) is 2. The maximum absolute atomic E-state index is 5.90. The lowest BCUT2D eigenvalue weighted by Gasteiger charge is -2.03.